The van der Waals surface area contributed by atoms with Crippen molar-refractivity contribution >= 4 is 5.91 Å². The van der Waals surface area contributed by atoms with Crippen LogP contribution in [0.1, 0.15) is 38.8 Å². The summed E-state index contributed by atoms with van der Waals surface area (Å²) >= 11 is 0. The number of amides is 1. The lowest BCUT2D eigenvalue weighted by Crippen LogP contribution is -2.24. The molecule has 0 unspecified atom stereocenters. The molecule has 0 atom stereocenters. The van der Waals surface area contributed by atoms with Gasteiger partial charge in [-0.05, 0) is 42.3 Å². The van der Waals surface area contributed by atoms with Crippen molar-refractivity contribution in [1.82, 2.24) is 15.2 Å². The Hall–Kier alpha value is -3.71. The Morgan fingerprint density at radius 1 is 0.969 bits per heavy atom. The van der Waals surface area contributed by atoms with Crippen molar-refractivity contribution in [2.75, 3.05) is 0 Å². The lowest BCUT2D eigenvalue weighted by atomic mass is 10.1. The molecule has 0 aliphatic heterocycles. The Balaban J connectivity index is 1.44. The number of nitrogens with zero attached hydrogens (tertiary/aromatic N) is 2. The first-order valence-electron chi connectivity index (χ1n) is 10.3. The SMILES string of the molecule is Cc1ccc(CN(Cc2ccc(F)cc2)Cc2nc(C(=O)NCc3ccco3)co2)cc1. The topological polar surface area (TPSA) is 71.5 Å². The number of furan rings is 1. The molecule has 0 spiro atoms. The monoisotopic (exact) mass is 433 g/mol. The minimum atomic E-state index is -0.333. The predicted molar refractivity (Wildman–Crippen MR) is 117 cm³/mol. The molecule has 6 nitrogen and oxygen atoms in total. The summed E-state index contributed by atoms with van der Waals surface area (Å²) in [6.45, 7) is 3.96. The Bertz CT molecular complexity index is 1090. The molecule has 0 radical (unpaired) electrons. The van der Waals surface area contributed by atoms with Gasteiger partial charge < -0.3 is 14.2 Å². The zero-order valence-corrected chi connectivity index (χ0v) is 17.8. The fourth-order valence-electron chi connectivity index (χ4n) is 3.32. The van der Waals surface area contributed by atoms with Crippen LogP contribution in [0.2, 0.25) is 0 Å². The zero-order valence-electron chi connectivity index (χ0n) is 17.8. The highest BCUT2D eigenvalue weighted by Gasteiger charge is 2.16. The van der Waals surface area contributed by atoms with Crippen molar-refractivity contribution in [2.45, 2.75) is 33.1 Å². The number of aryl methyl sites for hydroxylation is 1. The van der Waals surface area contributed by atoms with Crippen LogP contribution in [0, 0.1) is 12.7 Å². The predicted octanol–water partition coefficient (Wildman–Crippen LogP) is 4.85. The third-order valence-corrected chi connectivity index (χ3v) is 4.99. The number of aromatic nitrogens is 1. The Kier molecular flexibility index (Phi) is 6.77. The van der Waals surface area contributed by atoms with Crippen LogP contribution in [-0.4, -0.2) is 15.8 Å². The van der Waals surface area contributed by atoms with Crippen LogP contribution < -0.4 is 5.32 Å². The molecule has 4 rings (SSSR count). The minimum absolute atomic E-state index is 0.212. The van der Waals surface area contributed by atoms with E-state index in [0.717, 1.165) is 11.1 Å². The van der Waals surface area contributed by atoms with E-state index in [9.17, 15) is 9.18 Å². The number of carbonyl (C=O) groups is 1. The van der Waals surface area contributed by atoms with Crippen molar-refractivity contribution in [3.05, 3.63) is 113 Å². The second kappa shape index (κ2) is 10.1. The Labute approximate surface area is 185 Å². The van der Waals surface area contributed by atoms with E-state index in [2.05, 4.69) is 39.5 Å². The number of hydrogen-bond acceptors (Lipinski definition) is 5. The zero-order chi connectivity index (χ0) is 22.3. The van der Waals surface area contributed by atoms with Gasteiger partial charge in [0.05, 0.1) is 19.4 Å². The third kappa shape index (κ3) is 5.92. The molecule has 7 heteroatoms. The fraction of sp³-hybridized carbons (Fsp3) is 0.200. The lowest BCUT2D eigenvalue weighted by molar-refractivity contribution is 0.0943. The maximum Gasteiger partial charge on any atom is 0.273 e. The first-order valence-corrected chi connectivity index (χ1v) is 10.3. The molecule has 1 N–H and O–H groups in total. The van der Waals surface area contributed by atoms with Gasteiger partial charge in [0.25, 0.3) is 5.91 Å². The molecule has 164 valence electrons. The van der Waals surface area contributed by atoms with Crippen LogP contribution in [0.5, 0.6) is 0 Å². The maximum absolute atomic E-state index is 13.3. The van der Waals surface area contributed by atoms with Gasteiger partial charge in [0, 0.05) is 13.1 Å². The highest BCUT2D eigenvalue weighted by molar-refractivity contribution is 5.91. The van der Waals surface area contributed by atoms with E-state index in [-0.39, 0.29) is 24.0 Å². The number of nitrogens with one attached hydrogen (secondary N) is 1. The van der Waals surface area contributed by atoms with E-state index in [1.807, 2.05) is 6.92 Å². The minimum Gasteiger partial charge on any atom is -0.467 e. The van der Waals surface area contributed by atoms with Crippen molar-refractivity contribution in [3.8, 4) is 0 Å². The summed E-state index contributed by atoms with van der Waals surface area (Å²) < 4.78 is 24.1. The molecule has 2 aromatic heterocycles. The van der Waals surface area contributed by atoms with Gasteiger partial charge in [0.15, 0.2) is 5.69 Å². The van der Waals surface area contributed by atoms with Gasteiger partial charge in [0.1, 0.15) is 17.8 Å². The van der Waals surface area contributed by atoms with E-state index < -0.39 is 0 Å². The van der Waals surface area contributed by atoms with Gasteiger partial charge in [-0.2, -0.15) is 0 Å². The number of oxazole rings is 1. The van der Waals surface area contributed by atoms with Crippen molar-refractivity contribution in [1.29, 1.82) is 0 Å². The number of rotatable bonds is 9. The van der Waals surface area contributed by atoms with Crippen LogP contribution in [0.4, 0.5) is 4.39 Å². The first kappa shape index (κ1) is 21.5. The van der Waals surface area contributed by atoms with E-state index >= 15 is 0 Å². The summed E-state index contributed by atoms with van der Waals surface area (Å²) in [5.41, 5.74) is 3.52. The van der Waals surface area contributed by atoms with E-state index in [1.54, 1.807) is 30.5 Å². The average Bonchev–Trinajstić information content (AvgIpc) is 3.47. The molecule has 0 fully saturated rings. The Morgan fingerprint density at radius 2 is 1.66 bits per heavy atom. The molecule has 0 bridgehead atoms. The van der Waals surface area contributed by atoms with Crippen LogP contribution in [0.15, 0.2) is 82.0 Å². The van der Waals surface area contributed by atoms with Gasteiger partial charge >= 0.3 is 0 Å². The van der Waals surface area contributed by atoms with Crippen molar-refractivity contribution < 1.29 is 18.0 Å². The highest BCUT2D eigenvalue weighted by atomic mass is 19.1. The molecule has 0 aliphatic carbocycles. The van der Waals surface area contributed by atoms with E-state index in [4.69, 9.17) is 8.83 Å². The second-order valence-electron chi connectivity index (χ2n) is 7.65. The van der Waals surface area contributed by atoms with Gasteiger partial charge in [-0.3, -0.25) is 9.69 Å². The summed E-state index contributed by atoms with van der Waals surface area (Å²) in [5, 5.41) is 2.75. The average molecular weight is 433 g/mol. The molecule has 0 saturated carbocycles. The quantitative estimate of drug-likeness (QED) is 0.409. The summed E-state index contributed by atoms with van der Waals surface area (Å²) in [7, 11) is 0. The van der Waals surface area contributed by atoms with E-state index in [1.165, 1.54) is 24.0 Å². The van der Waals surface area contributed by atoms with Gasteiger partial charge in [0.2, 0.25) is 5.89 Å². The molecule has 32 heavy (non-hydrogen) atoms. The fourth-order valence-corrected chi connectivity index (χ4v) is 3.32. The number of hydrogen-bond donors (Lipinski definition) is 1. The number of benzene rings is 2. The van der Waals surface area contributed by atoms with E-state index in [0.29, 0.717) is 31.3 Å². The first-order chi connectivity index (χ1) is 15.5. The van der Waals surface area contributed by atoms with Crippen LogP contribution >= 0.6 is 0 Å². The summed E-state index contributed by atoms with van der Waals surface area (Å²) in [6, 6.07) is 18.3. The molecule has 0 aliphatic rings. The lowest BCUT2D eigenvalue weighted by Gasteiger charge is -2.21. The standard InChI is InChI=1S/C25H24FN3O3/c1-18-4-6-19(7-5-18)14-29(15-20-8-10-21(26)11-9-20)16-24-28-23(17-32-24)25(30)27-13-22-3-2-12-31-22/h2-12,17H,13-16H2,1H3,(H,27,30). The molecule has 2 aromatic carbocycles. The van der Waals surface area contributed by atoms with Crippen LogP contribution in [-0.2, 0) is 26.2 Å². The van der Waals surface area contributed by atoms with Crippen LogP contribution in [0.3, 0.4) is 0 Å². The highest BCUT2D eigenvalue weighted by Crippen LogP contribution is 2.15. The molecular weight excluding hydrogens is 409 g/mol. The third-order valence-electron chi connectivity index (χ3n) is 4.99. The normalized spacial score (nSPS) is 11.1. The molecule has 4 aromatic rings. The van der Waals surface area contributed by atoms with Crippen LogP contribution in [0.25, 0.3) is 0 Å². The number of carbonyl (C=O) groups excluding carboxylic acids is 1. The largest absolute Gasteiger partial charge is 0.467 e. The molecule has 2 heterocycles. The Morgan fingerprint density at radius 3 is 2.31 bits per heavy atom. The molecular formula is C25H24FN3O3. The van der Waals surface area contributed by atoms with Gasteiger partial charge in [-0.1, -0.05) is 42.0 Å². The van der Waals surface area contributed by atoms with Gasteiger partial charge in [-0.15, -0.1) is 0 Å². The van der Waals surface area contributed by atoms with Gasteiger partial charge in [-0.25, -0.2) is 9.37 Å². The maximum atomic E-state index is 13.3. The number of halogens is 1. The second-order valence-corrected chi connectivity index (χ2v) is 7.65. The summed E-state index contributed by atoms with van der Waals surface area (Å²) in [5.74, 6) is 0.491. The summed E-state index contributed by atoms with van der Waals surface area (Å²) in [4.78, 5) is 18.8. The van der Waals surface area contributed by atoms with Crippen molar-refractivity contribution in [2.24, 2.45) is 0 Å². The van der Waals surface area contributed by atoms with Crippen molar-refractivity contribution in [3.63, 3.8) is 0 Å². The molecule has 1 amide bonds. The smallest absolute Gasteiger partial charge is 0.273 e. The summed E-state index contributed by atoms with van der Waals surface area (Å²) in [6.07, 6.45) is 2.91. The molecule has 0 saturated heterocycles.